The Morgan fingerprint density at radius 2 is 2.24 bits per heavy atom. The molecule has 0 aliphatic heterocycles. The second-order valence-electron chi connectivity index (χ2n) is 3.99. The molecule has 4 heteroatoms. The number of benzene rings is 1. The van der Waals surface area contributed by atoms with Crippen LogP contribution in [0.3, 0.4) is 0 Å². The third-order valence-electron chi connectivity index (χ3n) is 2.51. The van der Waals surface area contributed by atoms with Crippen LogP contribution in [0.25, 0.3) is 5.69 Å². The van der Waals surface area contributed by atoms with Crippen LogP contribution in [-0.4, -0.2) is 29.3 Å². The zero-order valence-electron chi connectivity index (χ0n) is 10.1. The SMILES string of the molecule is COCC(C)Nc1ccccc1-n1ccnc1. The van der Waals surface area contributed by atoms with Crippen LogP contribution in [0.4, 0.5) is 5.69 Å². The molecule has 0 saturated heterocycles. The first kappa shape index (κ1) is 11.7. The fourth-order valence-corrected chi connectivity index (χ4v) is 1.78. The Hall–Kier alpha value is -1.81. The summed E-state index contributed by atoms with van der Waals surface area (Å²) in [5.41, 5.74) is 2.17. The summed E-state index contributed by atoms with van der Waals surface area (Å²) in [6.07, 6.45) is 5.50. The average molecular weight is 231 g/mol. The van der Waals surface area contributed by atoms with Gasteiger partial charge in [-0.05, 0) is 19.1 Å². The molecule has 1 atom stereocenters. The lowest BCUT2D eigenvalue weighted by Gasteiger charge is -2.17. The Balaban J connectivity index is 2.22. The first-order chi connectivity index (χ1) is 8.31. The molecule has 1 aromatic heterocycles. The molecule has 0 saturated carbocycles. The van der Waals surface area contributed by atoms with Crippen molar-refractivity contribution in [1.82, 2.24) is 9.55 Å². The normalized spacial score (nSPS) is 12.4. The maximum Gasteiger partial charge on any atom is 0.0992 e. The molecule has 0 aliphatic rings. The fourth-order valence-electron chi connectivity index (χ4n) is 1.78. The van der Waals surface area contributed by atoms with Gasteiger partial charge in [-0.2, -0.15) is 0 Å². The first-order valence-electron chi connectivity index (χ1n) is 5.64. The lowest BCUT2D eigenvalue weighted by molar-refractivity contribution is 0.190. The van der Waals surface area contributed by atoms with E-state index in [0.29, 0.717) is 6.61 Å². The van der Waals surface area contributed by atoms with Crippen molar-refractivity contribution >= 4 is 5.69 Å². The Labute approximate surface area is 101 Å². The van der Waals surface area contributed by atoms with E-state index in [1.807, 2.05) is 22.9 Å². The summed E-state index contributed by atoms with van der Waals surface area (Å²) in [4.78, 5) is 4.07. The highest BCUT2D eigenvalue weighted by molar-refractivity contribution is 5.61. The summed E-state index contributed by atoms with van der Waals surface area (Å²) >= 11 is 0. The van der Waals surface area contributed by atoms with Gasteiger partial charge in [0.25, 0.3) is 0 Å². The molecule has 0 fully saturated rings. The van der Waals surface area contributed by atoms with Crippen molar-refractivity contribution in [3.63, 3.8) is 0 Å². The van der Waals surface area contributed by atoms with Crippen LogP contribution in [0, 0.1) is 0 Å². The fraction of sp³-hybridized carbons (Fsp3) is 0.308. The molecule has 1 aromatic carbocycles. The Morgan fingerprint density at radius 3 is 2.94 bits per heavy atom. The number of anilines is 1. The molecule has 2 rings (SSSR count). The largest absolute Gasteiger partial charge is 0.383 e. The van der Waals surface area contributed by atoms with E-state index in [-0.39, 0.29) is 6.04 Å². The van der Waals surface area contributed by atoms with Gasteiger partial charge < -0.3 is 14.6 Å². The van der Waals surface area contributed by atoms with Crippen LogP contribution in [0.1, 0.15) is 6.92 Å². The monoisotopic (exact) mass is 231 g/mol. The lowest BCUT2D eigenvalue weighted by Crippen LogP contribution is -2.21. The number of nitrogens with one attached hydrogen (secondary N) is 1. The molecule has 2 aromatic rings. The van der Waals surface area contributed by atoms with Crippen molar-refractivity contribution in [2.45, 2.75) is 13.0 Å². The van der Waals surface area contributed by atoms with Crippen LogP contribution < -0.4 is 5.32 Å². The van der Waals surface area contributed by atoms with E-state index in [0.717, 1.165) is 11.4 Å². The molecule has 1 N–H and O–H groups in total. The van der Waals surface area contributed by atoms with Crippen molar-refractivity contribution in [3.8, 4) is 5.69 Å². The molecule has 17 heavy (non-hydrogen) atoms. The van der Waals surface area contributed by atoms with E-state index < -0.39 is 0 Å². The van der Waals surface area contributed by atoms with Gasteiger partial charge in [0.15, 0.2) is 0 Å². The Bertz CT molecular complexity index is 453. The van der Waals surface area contributed by atoms with Crippen molar-refractivity contribution in [3.05, 3.63) is 43.0 Å². The number of ether oxygens (including phenoxy) is 1. The minimum absolute atomic E-state index is 0.268. The Kier molecular flexibility index (Phi) is 3.77. The minimum Gasteiger partial charge on any atom is -0.383 e. The highest BCUT2D eigenvalue weighted by Crippen LogP contribution is 2.20. The smallest absolute Gasteiger partial charge is 0.0992 e. The first-order valence-corrected chi connectivity index (χ1v) is 5.64. The summed E-state index contributed by atoms with van der Waals surface area (Å²) in [6.45, 7) is 2.77. The second-order valence-corrected chi connectivity index (χ2v) is 3.99. The summed E-state index contributed by atoms with van der Waals surface area (Å²) in [5.74, 6) is 0. The molecule has 0 bridgehead atoms. The van der Waals surface area contributed by atoms with Gasteiger partial charge in [-0.3, -0.25) is 0 Å². The zero-order chi connectivity index (χ0) is 12.1. The van der Waals surface area contributed by atoms with E-state index in [9.17, 15) is 0 Å². The molecule has 1 heterocycles. The number of hydrogen-bond donors (Lipinski definition) is 1. The van der Waals surface area contributed by atoms with Gasteiger partial charge in [-0.1, -0.05) is 12.1 Å². The van der Waals surface area contributed by atoms with Crippen molar-refractivity contribution in [2.75, 3.05) is 19.0 Å². The average Bonchev–Trinajstić information content (AvgIpc) is 2.83. The molecule has 90 valence electrons. The number of nitrogens with zero attached hydrogens (tertiary/aromatic N) is 2. The van der Waals surface area contributed by atoms with Gasteiger partial charge in [0.05, 0.1) is 24.3 Å². The number of aromatic nitrogens is 2. The van der Waals surface area contributed by atoms with E-state index >= 15 is 0 Å². The zero-order valence-corrected chi connectivity index (χ0v) is 10.1. The molecule has 4 nitrogen and oxygen atoms in total. The lowest BCUT2D eigenvalue weighted by atomic mass is 10.2. The maximum absolute atomic E-state index is 5.12. The summed E-state index contributed by atoms with van der Waals surface area (Å²) in [6, 6.07) is 8.42. The van der Waals surface area contributed by atoms with E-state index in [4.69, 9.17) is 4.74 Å². The quantitative estimate of drug-likeness (QED) is 0.858. The molecular weight excluding hydrogens is 214 g/mol. The summed E-state index contributed by atoms with van der Waals surface area (Å²) in [5, 5.41) is 3.43. The van der Waals surface area contributed by atoms with Crippen molar-refractivity contribution in [2.24, 2.45) is 0 Å². The van der Waals surface area contributed by atoms with Gasteiger partial charge in [0.2, 0.25) is 0 Å². The van der Waals surface area contributed by atoms with E-state index in [1.165, 1.54) is 0 Å². The van der Waals surface area contributed by atoms with E-state index in [2.05, 4.69) is 29.4 Å². The van der Waals surface area contributed by atoms with Gasteiger partial charge in [-0.25, -0.2) is 4.98 Å². The molecule has 0 aliphatic carbocycles. The maximum atomic E-state index is 5.12. The van der Waals surface area contributed by atoms with Crippen LogP contribution in [0.5, 0.6) is 0 Å². The third kappa shape index (κ3) is 2.85. The summed E-state index contributed by atoms with van der Waals surface area (Å²) < 4.78 is 7.11. The molecule has 1 unspecified atom stereocenters. The highest BCUT2D eigenvalue weighted by atomic mass is 16.5. The number of imidazole rings is 1. The van der Waals surface area contributed by atoms with Gasteiger partial charge >= 0.3 is 0 Å². The van der Waals surface area contributed by atoms with Gasteiger partial charge in [0, 0.05) is 25.5 Å². The highest BCUT2D eigenvalue weighted by Gasteiger charge is 2.06. The molecule has 0 spiro atoms. The van der Waals surface area contributed by atoms with Gasteiger partial charge in [-0.15, -0.1) is 0 Å². The molecule has 0 radical (unpaired) electrons. The van der Waals surface area contributed by atoms with Gasteiger partial charge in [0.1, 0.15) is 0 Å². The predicted octanol–water partition coefficient (Wildman–Crippen LogP) is 2.32. The standard InChI is InChI=1S/C13H17N3O/c1-11(9-17-2)15-12-5-3-4-6-13(12)16-8-7-14-10-16/h3-8,10-11,15H,9H2,1-2H3. The van der Waals surface area contributed by atoms with Crippen LogP contribution >= 0.6 is 0 Å². The van der Waals surface area contributed by atoms with Crippen LogP contribution in [0.15, 0.2) is 43.0 Å². The summed E-state index contributed by atoms with van der Waals surface area (Å²) in [7, 11) is 1.71. The van der Waals surface area contributed by atoms with Crippen molar-refractivity contribution < 1.29 is 4.74 Å². The Morgan fingerprint density at radius 1 is 1.41 bits per heavy atom. The van der Waals surface area contributed by atoms with Crippen LogP contribution in [0.2, 0.25) is 0 Å². The number of rotatable bonds is 5. The molecular formula is C13H17N3O. The minimum atomic E-state index is 0.268. The topological polar surface area (TPSA) is 39.1 Å². The number of hydrogen-bond acceptors (Lipinski definition) is 3. The predicted molar refractivity (Wildman–Crippen MR) is 68.5 cm³/mol. The van der Waals surface area contributed by atoms with Crippen molar-refractivity contribution in [1.29, 1.82) is 0 Å². The second kappa shape index (κ2) is 5.50. The number of para-hydroxylation sites is 2. The molecule has 0 amide bonds. The third-order valence-corrected chi connectivity index (χ3v) is 2.51. The van der Waals surface area contributed by atoms with Crippen LogP contribution in [-0.2, 0) is 4.74 Å². The number of methoxy groups -OCH3 is 1. The van der Waals surface area contributed by atoms with E-state index in [1.54, 1.807) is 19.6 Å².